The molecule has 1 heterocycles. The summed E-state index contributed by atoms with van der Waals surface area (Å²) in [6.07, 6.45) is 11.0. The van der Waals surface area contributed by atoms with E-state index in [-0.39, 0.29) is 18.1 Å². The Bertz CT molecular complexity index is 459. The van der Waals surface area contributed by atoms with Crippen molar-refractivity contribution in [3.8, 4) is 0 Å². The lowest BCUT2D eigenvalue weighted by molar-refractivity contribution is 0.163. The first-order chi connectivity index (χ1) is 12.4. The third kappa shape index (κ3) is 5.97. The van der Waals surface area contributed by atoms with Crippen LogP contribution in [0.1, 0.15) is 60.3 Å². The number of rotatable bonds is 12. The molecule has 6 atom stereocenters. The Kier molecular flexibility index (Phi) is 10.2. The maximum absolute atomic E-state index is 5.75. The molecule has 0 aromatic carbocycles. The van der Waals surface area contributed by atoms with Crippen molar-refractivity contribution in [1.82, 2.24) is 15.6 Å². The van der Waals surface area contributed by atoms with Crippen molar-refractivity contribution in [2.75, 3.05) is 6.54 Å². The second-order valence-corrected chi connectivity index (χ2v) is 7.89. The topological polar surface area (TPSA) is 53.3 Å². The fraction of sp³-hybridized carbons (Fsp3) is 0.727. The van der Waals surface area contributed by atoms with Crippen molar-refractivity contribution >= 4 is 0 Å². The van der Waals surface area contributed by atoms with Crippen LogP contribution in [-0.4, -0.2) is 35.6 Å². The molecular formula is C22H42N4. The fourth-order valence-electron chi connectivity index (χ4n) is 4.40. The van der Waals surface area contributed by atoms with E-state index in [2.05, 4.69) is 75.6 Å². The maximum Gasteiger partial charge on any atom is 0.0339 e. The molecule has 0 aromatic rings. The molecule has 4 N–H and O–H groups in total. The lowest BCUT2D eigenvalue weighted by atomic mass is 9.79. The summed E-state index contributed by atoms with van der Waals surface area (Å²) in [6.45, 7) is 20.4. The third-order valence-corrected chi connectivity index (χ3v) is 6.35. The van der Waals surface area contributed by atoms with Gasteiger partial charge in [0.2, 0.25) is 0 Å². The molecule has 4 heteroatoms. The number of likely N-dealkylation sites (tertiary alicyclic amines) is 1. The average molecular weight is 363 g/mol. The number of nitrogens with zero attached hydrogens (tertiary/aromatic N) is 1. The van der Waals surface area contributed by atoms with Gasteiger partial charge in [0.25, 0.3) is 0 Å². The minimum atomic E-state index is 0.191. The summed E-state index contributed by atoms with van der Waals surface area (Å²) in [7, 11) is 0. The molecule has 1 rings (SSSR count). The standard InChI is InChI=1S/C22H42N4/c1-8-16(5)15-21(18(7)25-23)24-20(10-3)17(6)19(9-2)22-13-12-14-26(22)11-4/h8,10-11,17-22,24-25H,3-4,9,12-15,23H2,1-2,5-7H3/b16-8+. The number of hydrogen-bond acceptors (Lipinski definition) is 4. The molecular weight excluding hydrogens is 320 g/mol. The number of allylic oxidation sites excluding steroid dienone is 1. The Morgan fingerprint density at radius 1 is 1.35 bits per heavy atom. The summed E-state index contributed by atoms with van der Waals surface area (Å²) in [5.41, 5.74) is 4.31. The number of nitrogens with one attached hydrogen (secondary N) is 2. The van der Waals surface area contributed by atoms with Crippen LogP contribution in [0.25, 0.3) is 0 Å². The monoisotopic (exact) mass is 362 g/mol. The highest BCUT2D eigenvalue weighted by Gasteiger charge is 2.35. The Hall–Kier alpha value is -1.10. The van der Waals surface area contributed by atoms with Crippen molar-refractivity contribution in [3.05, 3.63) is 37.1 Å². The zero-order chi connectivity index (χ0) is 19.7. The van der Waals surface area contributed by atoms with Crippen LogP contribution in [0.5, 0.6) is 0 Å². The van der Waals surface area contributed by atoms with Gasteiger partial charge in [-0.15, -0.1) is 6.58 Å². The third-order valence-electron chi connectivity index (χ3n) is 6.35. The molecule has 150 valence electrons. The van der Waals surface area contributed by atoms with E-state index in [1.54, 1.807) is 0 Å². The van der Waals surface area contributed by atoms with Gasteiger partial charge in [-0.2, -0.15) is 0 Å². The minimum Gasteiger partial charge on any atom is -0.375 e. The lowest BCUT2D eigenvalue weighted by Gasteiger charge is -2.39. The highest BCUT2D eigenvalue weighted by molar-refractivity contribution is 5.04. The van der Waals surface area contributed by atoms with Gasteiger partial charge in [0, 0.05) is 30.7 Å². The van der Waals surface area contributed by atoms with E-state index < -0.39 is 0 Å². The van der Waals surface area contributed by atoms with Crippen molar-refractivity contribution in [3.63, 3.8) is 0 Å². The van der Waals surface area contributed by atoms with Gasteiger partial charge in [-0.3, -0.25) is 11.3 Å². The first kappa shape index (κ1) is 22.9. The Morgan fingerprint density at radius 2 is 2.04 bits per heavy atom. The molecule has 0 spiro atoms. The van der Waals surface area contributed by atoms with Crippen LogP contribution in [-0.2, 0) is 0 Å². The van der Waals surface area contributed by atoms with Crippen LogP contribution >= 0.6 is 0 Å². The van der Waals surface area contributed by atoms with Gasteiger partial charge in [0.05, 0.1) is 0 Å². The van der Waals surface area contributed by atoms with Gasteiger partial charge >= 0.3 is 0 Å². The largest absolute Gasteiger partial charge is 0.375 e. The van der Waals surface area contributed by atoms with E-state index >= 15 is 0 Å². The fourth-order valence-corrected chi connectivity index (χ4v) is 4.40. The summed E-state index contributed by atoms with van der Waals surface area (Å²) < 4.78 is 0. The van der Waals surface area contributed by atoms with E-state index in [0.717, 1.165) is 13.0 Å². The van der Waals surface area contributed by atoms with Crippen molar-refractivity contribution in [2.24, 2.45) is 17.7 Å². The van der Waals surface area contributed by atoms with Crippen LogP contribution in [0.4, 0.5) is 0 Å². The van der Waals surface area contributed by atoms with Gasteiger partial charge in [0.15, 0.2) is 0 Å². The molecule has 0 amide bonds. The molecule has 0 aliphatic carbocycles. The summed E-state index contributed by atoms with van der Waals surface area (Å²) in [4.78, 5) is 2.44. The summed E-state index contributed by atoms with van der Waals surface area (Å²) in [5.74, 6) is 6.87. The first-order valence-corrected chi connectivity index (χ1v) is 10.3. The van der Waals surface area contributed by atoms with Gasteiger partial charge in [-0.05, 0) is 58.1 Å². The van der Waals surface area contributed by atoms with E-state index in [9.17, 15) is 0 Å². The van der Waals surface area contributed by atoms with Gasteiger partial charge in [0.1, 0.15) is 0 Å². The predicted molar refractivity (Wildman–Crippen MR) is 115 cm³/mol. The highest BCUT2D eigenvalue weighted by Crippen LogP contribution is 2.33. The van der Waals surface area contributed by atoms with E-state index in [1.807, 2.05) is 6.20 Å². The zero-order valence-electron chi connectivity index (χ0n) is 17.7. The SMILES string of the molecule is C=CC(NC(C/C(C)=C/C)C(C)NN)C(C)C(CC)C1CCCN1C=C. The second kappa shape index (κ2) is 11.6. The number of hydrogen-bond donors (Lipinski definition) is 3. The van der Waals surface area contributed by atoms with Crippen molar-refractivity contribution in [2.45, 2.75) is 84.5 Å². The highest BCUT2D eigenvalue weighted by atomic mass is 15.2. The Balaban J connectivity index is 2.91. The summed E-state index contributed by atoms with van der Waals surface area (Å²) in [5, 5.41) is 3.84. The molecule has 0 saturated carbocycles. The summed E-state index contributed by atoms with van der Waals surface area (Å²) >= 11 is 0. The summed E-state index contributed by atoms with van der Waals surface area (Å²) in [6, 6.07) is 1.32. The number of hydrazine groups is 1. The Morgan fingerprint density at radius 3 is 2.54 bits per heavy atom. The van der Waals surface area contributed by atoms with Crippen LogP contribution < -0.4 is 16.6 Å². The van der Waals surface area contributed by atoms with Gasteiger partial charge < -0.3 is 10.2 Å². The Labute approximate surface area is 161 Å². The average Bonchev–Trinajstić information content (AvgIpc) is 3.12. The maximum atomic E-state index is 5.75. The molecule has 26 heavy (non-hydrogen) atoms. The van der Waals surface area contributed by atoms with E-state index in [4.69, 9.17) is 5.84 Å². The smallest absolute Gasteiger partial charge is 0.0339 e. The van der Waals surface area contributed by atoms with Crippen LogP contribution in [0.2, 0.25) is 0 Å². The molecule has 0 radical (unpaired) electrons. The zero-order valence-corrected chi connectivity index (χ0v) is 17.7. The molecule has 4 nitrogen and oxygen atoms in total. The number of nitrogens with two attached hydrogens (primary N) is 1. The lowest BCUT2D eigenvalue weighted by Crippen LogP contribution is -2.54. The molecule has 1 fully saturated rings. The van der Waals surface area contributed by atoms with Gasteiger partial charge in [-0.1, -0.05) is 44.6 Å². The molecule has 1 saturated heterocycles. The normalized spacial score (nSPS) is 24.0. The van der Waals surface area contributed by atoms with Crippen molar-refractivity contribution < 1.29 is 0 Å². The first-order valence-electron chi connectivity index (χ1n) is 10.3. The predicted octanol–water partition coefficient (Wildman–Crippen LogP) is 3.98. The molecule has 6 unspecified atom stereocenters. The molecule has 0 bridgehead atoms. The molecule has 0 aromatic heterocycles. The van der Waals surface area contributed by atoms with Gasteiger partial charge in [-0.25, -0.2) is 0 Å². The quantitative estimate of drug-likeness (QED) is 0.279. The minimum absolute atomic E-state index is 0.191. The van der Waals surface area contributed by atoms with Crippen LogP contribution in [0, 0.1) is 11.8 Å². The van der Waals surface area contributed by atoms with Crippen LogP contribution in [0.3, 0.4) is 0 Å². The van der Waals surface area contributed by atoms with Crippen LogP contribution in [0.15, 0.2) is 37.1 Å². The molecule has 1 aliphatic heterocycles. The van der Waals surface area contributed by atoms with E-state index in [0.29, 0.717) is 17.9 Å². The van der Waals surface area contributed by atoms with E-state index in [1.165, 1.54) is 24.8 Å². The molecule has 1 aliphatic rings. The second-order valence-electron chi connectivity index (χ2n) is 7.89. The van der Waals surface area contributed by atoms with Crippen molar-refractivity contribution in [1.29, 1.82) is 0 Å².